The smallest absolute Gasteiger partial charge is 0.158 e. The molecule has 2 aliphatic rings. The first-order chi connectivity index (χ1) is 13.8. The van der Waals surface area contributed by atoms with Crippen LogP contribution in [0.5, 0.6) is 0 Å². The molecule has 0 radical (unpaired) electrons. The van der Waals surface area contributed by atoms with Crippen molar-refractivity contribution in [3.8, 4) is 0 Å². The number of hydrogen-bond acceptors (Lipinski definition) is 6. The summed E-state index contributed by atoms with van der Waals surface area (Å²) >= 11 is 0. The Hall–Kier alpha value is -2.22. The van der Waals surface area contributed by atoms with E-state index in [0.717, 1.165) is 80.5 Å². The molecule has 148 valence electrons. The van der Waals surface area contributed by atoms with Crippen molar-refractivity contribution in [2.75, 3.05) is 51.4 Å². The van der Waals surface area contributed by atoms with Gasteiger partial charge in [-0.15, -0.1) is 0 Å². The SMILES string of the molecule is Cc1cc2nc(NCC(C3CCOC3)N3CCOCC3)c3ccccc3n2n1. The number of fused-ring (bicyclic) bond motifs is 3. The molecule has 2 saturated heterocycles. The van der Waals surface area contributed by atoms with Gasteiger partial charge < -0.3 is 14.8 Å². The topological polar surface area (TPSA) is 63.9 Å². The summed E-state index contributed by atoms with van der Waals surface area (Å²) < 4.78 is 13.2. The van der Waals surface area contributed by atoms with Crippen molar-refractivity contribution in [3.05, 3.63) is 36.0 Å². The standard InChI is InChI=1S/C21H27N5O2/c1-15-12-20-23-21(17-4-2-3-5-18(17)26(20)24-15)22-13-19(16-6-9-28-14-16)25-7-10-27-11-8-25/h2-5,12,16,19H,6-11,13-14H2,1H3,(H,22,23). The quantitative estimate of drug-likeness (QED) is 0.732. The number of para-hydroxylation sites is 1. The van der Waals surface area contributed by atoms with Crippen molar-refractivity contribution in [3.63, 3.8) is 0 Å². The van der Waals surface area contributed by atoms with Crippen molar-refractivity contribution in [2.45, 2.75) is 19.4 Å². The number of aryl methyl sites for hydroxylation is 1. The van der Waals surface area contributed by atoms with Gasteiger partial charge in [0.2, 0.25) is 0 Å². The van der Waals surface area contributed by atoms with E-state index in [9.17, 15) is 0 Å². The van der Waals surface area contributed by atoms with Crippen LogP contribution in [-0.2, 0) is 9.47 Å². The number of rotatable bonds is 5. The third-order valence-electron chi connectivity index (χ3n) is 5.93. The first-order valence-corrected chi connectivity index (χ1v) is 10.2. The zero-order valence-corrected chi connectivity index (χ0v) is 16.3. The lowest BCUT2D eigenvalue weighted by Gasteiger charge is -2.37. The normalized spacial score (nSPS) is 22.1. The number of benzene rings is 1. The molecule has 4 heterocycles. The largest absolute Gasteiger partial charge is 0.381 e. The summed E-state index contributed by atoms with van der Waals surface area (Å²) in [6, 6.07) is 10.8. The molecule has 2 aliphatic heterocycles. The maximum atomic E-state index is 5.70. The Balaban J connectivity index is 1.45. The average Bonchev–Trinajstić information content (AvgIpc) is 3.38. The monoisotopic (exact) mass is 381 g/mol. The van der Waals surface area contributed by atoms with Crippen LogP contribution < -0.4 is 5.32 Å². The first kappa shape index (κ1) is 17.8. The average molecular weight is 381 g/mol. The zero-order chi connectivity index (χ0) is 18.9. The number of nitrogens with one attached hydrogen (secondary N) is 1. The van der Waals surface area contributed by atoms with E-state index in [1.165, 1.54) is 0 Å². The highest BCUT2D eigenvalue weighted by atomic mass is 16.5. The van der Waals surface area contributed by atoms with Gasteiger partial charge in [0.15, 0.2) is 5.65 Å². The van der Waals surface area contributed by atoms with E-state index < -0.39 is 0 Å². The van der Waals surface area contributed by atoms with Crippen LogP contribution in [0, 0.1) is 12.8 Å². The van der Waals surface area contributed by atoms with Gasteiger partial charge in [0, 0.05) is 49.7 Å². The number of ether oxygens (including phenoxy) is 2. The molecule has 0 bridgehead atoms. The van der Waals surface area contributed by atoms with Gasteiger partial charge in [0.1, 0.15) is 5.82 Å². The molecule has 1 aromatic carbocycles. The zero-order valence-electron chi connectivity index (χ0n) is 16.3. The Morgan fingerprint density at radius 3 is 2.86 bits per heavy atom. The van der Waals surface area contributed by atoms with Crippen LogP contribution in [0.2, 0.25) is 0 Å². The summed E-state index contributed by atoms with van der Waals surface area (Å²) in [6.07, 6.45) is 1.12. The van der Waals surface area contributed by atoms with E-state index in [0.29, 0.717) is 12.0 Å². The Bertz CT molecular complexity index is 960. The highest BCUT2D eigenvalue weighted by Gasteiger charge is 2.31. The molecular weight excluding hydrogens is 354 g/mol. The number of aromatic nitrogens is 3. The Morgan fingerprint density at radius 1 is 1.18 bits per heavy atom. The Morgan fingerprint density at radius 2 is 2.04 bits per heavy atom. The van der Waals surface area contributed by atoms with Gasteiger partial charge in [-0.25, -0.2) is 9.50 Å². The van der Waals surface area contributed by atoms with Crippen molar-refractivity contribution in [1.82, 2.24) is 19.5 Å². The van der Waals surface area contributed by atoms with Gasteiger partial charge in [-0.2, -0.15) is 5.10 Å². The first-order valence-electron chi connectivity index (χ1n) is 10.2. The second-order valence-electron chi connectivity index (χ2n) is 7.75. The Kier molecular flexibility index (Phi) is 4.88. The molecule has 2 aromatic heterocycles. The van der Waals surface area contributed by atoms with E-state index in [1.807, 2.05) is 17.5 Å². The van der Waals surface area contributed by atoms with Crippen LogP contribution in [0.25, 0.3) is 16.6 Å². The molecule has 0 aliphatic carbocycles. The highest BCUT2D eigenvalue weighted by molar-refractivity contribution is 5.91. The number of anilines is 1. The third kappa shape index (κ3) is 3.34. The molecule has 28 heavy (non-hydrogen) atoms. The molecule has 1 N–H and O–H groups in total. The maximum absolute atomic E-state index is 5.70. The second-order valence-corrected chi connectivity index (χ2v) is 7.75. The molecule has 2 unspecified atom stereocenters. The molecule has 5 rings (SSSR count). The van der Waals surface area contributed by atoms with Crippen LogP contribution in [0.15, 0.2) is 30.3 Å². The summed E-state index contributed by atoms with van der Waals surface area (Å²) in [6.45, 7) is 8.17. The van der Waals surface area contributed by atoms with Gasteiger partial charge in [0.25, 0.3) is 0 Å². The fraction of sp³-hybridized carbons (Fsp3) is 0.524. The predicted octanol–water partition coefficient (Wildman–Crippen LogP) is 2.34. The van der Waals surface area contributed by atoms with Crippen LogP contribution in [-0.4, -0.2) is 71.6 Å². The van der Waals surface area contributed by atoms with Gasteiger partial charge in [-0.3, -0.25) is 4.90 Å². The summed E-state index contributed by atoms with van der Waals surface area (Å²) in [7, 11) is 0. The minimum atomic E-state index is 0.426. The minimum absolute atomic E-state index is 0.426. The van der Waals surface area contributed by atoms with E-state index in [2.05, 4.69) is 39.6 Å². The van der Waals surface area contributed by atoms with E-state index >= 15 is 0 Å². The highest BCUT2D eigenvalue weighted by Crippen LogP contribution is 2.26. The third-order valence-corrected chi connectivity index (χ3v) is 5.93. The predicted molar refractivity (Wildman–Crippen MR) is 109 cm³/mol. The van der Waals surface area contributed by atoms with E-state index in [4.69, 9.17) is 14.5 Å². The lowest BCUT2D eigenvalue weighted by atomic mass is 9.97. The summed E-state index contributed by atoms with van der Waals surface area (Å²) in [5, 5.41) is 9.37. The van der Waals surface area contributed by atoms with Gasteiger partial charge in [-0.1, -0.05) is 12.1 Å². The van der Waals surface area contributed by atoms with E-state index in [-0.39, 0.29) is 0 Å². The van der Waals surface area contributed by atoms with Crippen molar-refractivity contribution >= 4 is 22.4 Å². The molecular formula is C21H27N5O2. The number of morpholine rings is 1. The maximum Gasteiger partial charge on any atom is 0.158 e. The fourth-order valence-electron chi connectivity index (χ4n) is 4.47. The molecule has 0 amide bonds. The van der Waals surface area contributed by atoms with Gasteiger partial charge in [0.05, 0.1) is 31.0 Å². The summed E-state index contributed by atoms with van der Waals surface area (Å²) in [4.78, 5) is 7.44. The minimum Gasteiger partial charge on any atom is -0.381 e. The molecule has 2 atom stereocenters. The molecule has 7 heteroatoms. The lowest BCUT2D eigenvalue weighted by Crippen LogP contribution is -2.50. The van der Waals surface area contributed by atoms with Crippen molar-refractivity contribution < 1.29 is 9.47 Å². The van der Waals surface area contributed by atoms with E-state index in [1.54, 1.807) is 0 Å². The lowest BCUT2D eigenvalue weighted by molar-refractivity contribution is 0.00460. The number of hydrogen-bond donors (Lipinski definition) is 1. The molecule has 7 nitrogen and oxygen atoms in total. The molecule has 2 fully saturated rings. The number of nitrogens with zero attached hydrogens (tertiary/aromatic N) is 4. The van der Waals surface area contributed by atoms with Gasteiger partial charge >= 0.3 is 0 Å². The van der Waals surface area contributed by atoms with Crippen LogP contribution >= 0.6 is 0 Å². The van der Waals surface area contributed by atoms with Gasteiger partial charge in [-0.05, 0) is 25.5 Å². The van der Waals surface area contributed by atoms with Crippen LogP contribution in [0.1, 0.15) is 12.1 Å². The summed E-state index contributed by atoms with van der Waals surface area (Å²) in [5.41, 5.74) is 2.94. The fourth-order valence-corrected chi connectivity index (χ4v) is 4.47. The summed E-state index contributed by atoms with van der Waals surface area (Å²) in [5.74, 6) is 1.48. The van der Waals surface area contributed by atoms with Crippen LogP contribution in [0.3, 0.4) is 0 Å². The van der Waals surface area contributed by atoms with Crippen molar-refractivity contribution in [2.24, 2.45) is 5.92 Å². The molecule has 3 aromatic rings. The van der Waals surface area contributed by atoms with Crippen molar-refractivity contribution in [1.29, 1.82) is 0 Å². The molecule has 0 spiro atoms. The molecule has 0 saturated carbocycles. The van der Waals surface area contributed by atoms with Crippen LogP contribution in [0.4, 0.5) is 5.82 Å². The second kappa shape index (κ2) is 7.66. The Labute approximate surface area is 164 Å².